The Kier molecular flexibility index (Phi) is 5.19. The fourth-order valence-electron chi connectivity index (χ4n) is 9.69. The van der Waals surface area contributed by atoms with Crippen molar-refractivity contribution < 1.29 is 24.5 Å². The Morgan fingerprint density at radius 1 is 1.09 bits per heavy atom. The summed E-state index contributed by atoms with van der Waals surface area (Å²) < 4.78 is 5.16. The molecule has 0 amide bonds. The van der Waals surface area contributed by atoms with Crippen LogP contribution in [0.5, 0.6) is 0 Å². The topological polar surface area (TPSA) is 83.8 Å². The van der Waals surface area contributed by atoms with E-state index < -0.39 is 11.2 Å². The molecule has 0 radical (unpaired) electrons. The van der Waals surface area contributed by atoms with E-state index in [1.54, 1.807) is 0 Å². The first-order valence-corrected chi connectivity index (χ1v) is 13.1. The number of ketones is 1. The molecule has 2 N–H and O–H groups in total. The van der Waals surface area contributed by atoms with Crippen molar-refractivity contribution in [2.45, 2.75) is 103 Å². The van der Waals surface area contributed by atoms with Gasteiger partial charge in [-0.1, -0.05) is 20.8 Å². The van der Waals surface area contributed by atoms with Gasteiger partial charge in [0.25, 0.3) is 0 Å². The zero-order valence-electron chi connectivity index (χ0n) is 20.4. The van der Waals surface area contributed by atoms with E-state index in [0.717, 1.165) is 38.5 Å². The fraction of sp³-hybridized carbons (Fsp3) is 0.926. The number of fused-ring (bicyclic) bond motifs is 8. The van der Waals surface area contributed by atoms with Crippen molar-refractivity contribution in [1.82, 2.24) is 0 Å². The Labute approximate surface area is 192 Å². The van der Waals surface area contributed by atoms with Crippen LogP contribution in [0.25, 0.3) is 0 Å². The third kappa shape index (κ3) is 2.88. The van der Waals surface area contributed by atoms with Crippen LogP contribution in [-0.4, -0.2) is 39.8 Å². The molecule has 0 heterocycles. The van der Waals surface area contributed by atoms with E-state index in [2.05, 4.69) is 20.8 Å². The average molecular weight is 447 g/mol. The van der Waals surface area contributed by atoms with Crippen LogP contribution in [0.2, 0.25) is 0 Å². The monoisotopic (exact) mass is 446 g/mol. The van der Waals surface area contributed by atoms with Gasteiger partial charge < -0.3 is 14.9 Å². The smallest absolute Gasteiger partial charge is 0.305 e. The number of rotatable bonds is 4. The molecule has 0 aromatic carbocycles. The molecule has 180 valence electrons. The number of aliphatic hydroxyl groups is 2. The largest absolute Gasteiger partial charge is 0.466 e. The summed E-state index contributed by atoms with van der Waals surface area (Å²) in [5.41, 5.74) is -2.10. The molecule has 0 saturated heterocycles. The van der Waals surface area contributed by atoms with Gasteiger partial charge in [0, 0.05) is 24.7 Å². The number of Topliss-reactive ketones (excluding diaryl/α,β-unsaturated/α-hetero) is 1. The molecular formula is C27H42O5. The van der Waals surface area contributed by atoms with E-state index in [0.29, 0.717) is 55.5 Å². The summed E-state index contributed by atoms with van der Waals surface area (Å²) in [7, 11) is 0. The van der Waals surface area contributed by atoms with Crippen molar-refractivity contribution in [3.63, 3.8) is 0 Å². The van der Waals surface area contributed by atoms with Gasteiger partial charge in [-0.3, -0.25) is 9.59 Å². The molecule has 5 fully saturated rings. The van der Waals surface area contributed by atoms with Crippen LogP contribution in [0.1, 0.15) is 91.9 Å². The highest BCUT2D eigenvalue weighted by atomic mass is 16.5. The second-order valence-electron chi connectivity index (χ2n) is 12.6. The van der Waals surface area contributed by atoms with Gasteiger partial charge in [0.15, 0.2) is 0 Å². The van der Waals surface area contributed by atoms with E-state index in [1.807, 2.05) is 6.92 Å². The maximum atomic E-state index is 12.3. The van der Waals surface area contributed by atoms with Crippen LogP contribution in [0.4, 0.5) is 0 Å². The molecule has 5 rings (SSSR count). The average Bonchev–Trinajstić information content (AvgIpc) is 3.54. The highest BCUT2D eigenvalue weighted by Crippen LogP contribution is 2.76. The molecule has 5 nitrogen and oxygen atoms in total. The highest BCUT2D eigenvalue weighted by Gasteiger charge is 2.75. The number of carbonyl (C=O) groups is 2. The minimum absolute atomic E-state index is 0.204. The number of hydrogen-bond acceptors (Lipinski definition) is 5. The molecule has 0 aliphatic heterocycles. The van der Waals surface area contributed by atoms with E-state index in [1.165, 1.54) is 0 Å². The Balaban J connectivity index is 1.47. The predicted molar refractivity (Wildman–Crippen MR) is 121 cm³/mol. The van der Waals surface area contributed by atoms with Gasteiger partial charge in [0.1, 0.15) is 5.78 Å². The molecule has 5 aliphatic rings. The molecule has 0 spiro atoms. The summed E-state index contributed by atoms with van der Waals surface area (Å²) in [6.45, 7) is 9.13. The van der Waals surface area contributed by atoms with E-state index in [-0.39, 0.29) is 34.9 Å². The van der Waals surface area contributed by atoms with Crippen molar-refractivity contribution in [3.05, 3.63) is 0 Å². The first kappa shape index (κ1) is 22.8. The standard InChI is InChI=1S/C27H42O5/c1-5-32-21(29)9-13-26(30)12-6-16(2)23-22-18-14-20(18)27(31)15-17(28)7-10-24(27,3)19(22)8-11-25(23,26)4/h16,18-20,22-23,30-31H,5-15H2,1-4H3/t16?,18?,19?,20?,22?,23?,24-,25+,26-,27-/m1/s1. The summed E-state index contributed by atoms with van der Waals surface area (Å²) in [4.78, 5) is 24.5. The molecule has 0 aromatic rings. The summed E-state index contributed by atoms with van der Waals surface area (Å²) in [5, 5.41) is 23.9. The first-order valence-electron chi connectivity index (χ1n) is 13.1. The Morgan fingerprint density at radius 3 is 2.56 bits per heavy atom. The van der Waals surface area contributed by atoms with Crippen molar-refractivity contribution in [3.8, 4) is 0 Å². The van der Waals surface area contributed by atoms with Gasteiger partial charge in [0.2, 0.25) is 0 Å². The maximum absolute atomic E-state index is 12.3. The van der Waals surface area contributed by atoms with Crippen LogP contribution in [-0.2, 0) is 14.3 Å². The van der Waals surface area contributed by atoms with E-state index in [4.69, 9.17) is 4.74 Å². The fourth-order valence-corrected chi connectivity index (χ4v) is 9.69. The van der Waals surface area contributed by atoms with Crippen molar-refractivity contribution in [2.24, 2.45) is 46.3 Å². The second-order valence-corrected chi connectivity index (χ2v) is 12.6. The molecule has 6 unspecified atom stereocenters. The summed E-state index contributed by atoms with van der Waals surface area (Å²) >= 11 is 0. The predicted octanol–water partition coefficient (Wildman–Crippen LogP) is 4.28. The Bertz CT molecular complexity index is 810. The van der Waals surface area contributed by atoms with Gasteiger partial charge in [-0.15, -0.1) is 0 Å². The number of ether oxygens (including phenoxy) is 1. The zero-order valence-corrected chi connectivity index (χ0v) is 20.4. The lowest BCUT2D eigenvalue weighted by molar-refractivity contribution is -0.251. The molecule has 32 heavy (non-hydrogen) atoms. The normalized spacial score (nSPS) is 54.0. The molecule has 0 aromatic heterocycles. The van der Waals surface area contributed by atoms with Crippen LogP contribution in [0.15, 0.2) is 0 Å². The SMILES string of the molecule is CCOC(=O)CC[C@]1(O)CCC(C)C2C3C4CC4[C@]4(O)CC(=O)CC[C@]4(C)C3CC[C@@]21C. The molecule has 5 heteroatoms. The Hall–Kier alpha value is -0.940. The summed E-state index contributed by atoms with van der Waals surface area (Å²) in [6.07, 6.45) is 7.20. The third-order valence-corrected chi connectivity index (χ3v) is 11.5. The van der Waals surface area contributed by atoms with E-state index >= 15 is 0 Å². The molecular weight excluding hydrogens is 404 g/mol. The number of hydrogen-bond donors (Lipinski definition) is 2. The van der Waals surface area contributed by atoms with Gasteiger partial charge >= 0.3 is 5.97 Å². The van der Waals surface area contributed by atoms with Gasteiger partial charge in [0.05, 0.1) is 17.8 Å². The number of esters is 1. The van der Waals surface area contributed by atoms with Crippen molar-refractivity contribution >= 4 is 11.8 Å². The van der Waals surface area contributed by atoms with Gasteiger partial charge in [-0.05, 0) is 92.8 Å². The third-order valence-electron chi connectivity index (χ3n) is 11.5. The van der Waals surface area contributed by atoms with Gasteiger partial charge in [-0.25, -0.2) is 0 Å². The maximum Gasteiger partial charge on any atom is 0.305 e. The molecule has 5 saturated carbocycles. The van der Waals surface area contributed by atoms with Crippen LogP contribution in [0, 0.1) is 46.3 Å². The lowest BCUT2D eigenvalue weighted by atomic mass is 9.38. The molecule has 10 atom stereocenters. The van der Waals surface area contributed by atoms with Crippen LogP contribution in [0.3, 0.4) is 0 Å². The lowest BCUT2D eigenvalue weighted by Gasteiger charge is -2.68. The first-order chi connectivity index (χ1) is 15.0. The summed E-state index contributed by atoms with van der Waals surface area (Å²) in [5.74, 6) is 2.57. The quantitative estimate of drug-likeness (QED) is 0.630. The Morgan fingerprint density at radius 2 is 1.84 bits per heavy atom. The van der Waals surface area contributed by atoms with Crippen LogP contribution >= 0.6 is 0 Å². The van der Waals surface area contributed by atoms with E-state index in [9.17, 15) is 19.8 Å². The lowest BCUT2D eigenvalue weighted by Crippen LogP contribution is -2.68. The highest BCUT2D eigenvalue weighted by molar-refractivity contribution is 5.81. The molecule has 5 aliphatic carbocycles. The summed E-state index contributed by atoms with van der Waals surface area (Å²) in [6, 6.07) is 0. The van der Waals surface area contributed by atoms with Gasteiger partial charge in [-0.2, -0.15) is 0 Å². The minimum Gasteiger partial charge on any atom is -0.466 e. The van der Waals surface area contributed by atoms with Crippen molar-refractivity contribution in [1.29, 1.82) is 0 Å². The minimum atomic E-state index is -0.844. The molecule has 0 bridgehead atoms. The van der Waals surface area contributed by atoms with Crippen molar-refractivity contribution in [2.75, 3.05) is 6.61 Å². The second kappa shape index (κ2) is 7.28. The number of carbonyl (C=O) groups excluding carboxylic acids is 2. The van der Waals surface area contributed by atoms with Crippen LogP contribution < -0.4 is 0 Å². The zero-order chi connectivity index (χ0) is 23.1.